The average molecular weight is 293 g/mol. The van der Waals surface area contributed by atoms with Crippen LogP contribution in [0.15, 0.2) is 18.2 Å². The molecule has 0 bridgehead atoms. The Morgan fingerprint density at radius 2 is 1.76 bits per heavy atom. The zero-order valence-corrected chi connectivity index (χ0v) is 13.3. The fourth-order valence-corrected chi connectivity index (χ4v) is 1.59. The number of carbonyl (C=O) groups is 2. The van der Waals surface area contributed by atoms with Crippen LogP contribution in [0.3, 0.4) is 0 Å². The Bertz CT molecular complexity index is 517. The van der Waals surface area contributed by atoms with E-state index in [-0.39, 0.29) is 24.7 Å². The van der Waals surface area contributed by atoms with Gasteiger partial charge in [0.15, 0.2) is 13.2 Å². The first-order chi connectivity index (χ1) is 9.67. The molecule has 0 spiro atoms. The molecular formula is C16H23NO4. The van der Waals surface area contributed by atoms with E-state index in [9.17, 15) is 9.59 Å². The molecule has 1 aromatic rings. The number of rotatable bonds is 5. The van der Waals surface area contributed by atoms with Crippen LogP contribution in [-0.4, -0.2) is 30.6 Å². The van der Waals surface area contributed by atoms with Crippen LogP contribution in [0.2, 0.25) is 0 Å². The lowest BCUT2D eigenvalue weighted by Crippen LogP contribution is -2.43. The summed E-state index contributed by atoms with van der Waals surface area (Å²) in [7, 11) is 0. The quantitative estimate of drug-likeness (QED) is 0.845. The summed E-state index contributed by atoms with van der Waals surface area (Å²) in [5.74, 6) is -0.298. The number of esters is 1. The van der Waals surface area contributed by atoms with Crippen LogP contribution in [0, 0.1) is 13.8 Å². The van der Waals surface area contributed by atoms with E-state index < -0.39 is 5.97 Å². The fraction of sp³-hybridized carbons (Fsp3) is 0.500. The molecule has 116 valence electrons. The van der Waals surface area contributed by atoms with Crippen molar-refractivity contribution in [2.75, 3.05) is 13.2 Å². The lowest BCUT2D eigenvalue weighted by atomic mass is 10.1. The molecule has 0 aromatic heterocycles. The third-order valence-corrected chi connectivity index (χ3v) is 2.71. The minimum Gasteiger partial charge on any atom is -0.482 e. The highest BCUT2D eigenvalue weighted by atomic mass is 16.6. The molecule has 0 radical (unpaired) electrons. The number of hydrogen-bond donors (Lipinski definition) is 1. The minimum atomic E-state index is -0.572. The van der Waals surface area contributed by atoms with Gasteiger partial charge in [0.2, 0.25) is 0 Å². The van der Waals surface area contributed by atoms with E-state index in [1.807, 2.05) is 46.8 Å². The van der Waals surface area contributed by atoms with E-state index in [1.165, 1.54) is 0 Å². The van der Waals surface area contributed by atoms with E-state index >= 15 is 0 Å². The largest absolute Gasteiger partial charge is 0.482 e. The molecule has 0 atom stereocenters. The van der Waals surface area contributed by atoms with Crippen LogP contribution in [0.1, 0.15) is 31.9 Å². The van der Waals surface area contributed by atoms with Gasteiger partial charge in [-0.25, -0.2) is 4.79 Å². The van der Waals surface area contributed by atoms with Crippen molar-refractivity contribution in [3.63, 3.8) is 0 Å². The maximum atomic E-state index is 11.5. The third-order valence-electron chi connectivity index (χ3n) is 2.71. The summed E-state index contributed by atoms with van der Waals surface area (Å²) in [6.07, 6.45) is 0. The molecule has 0 fully saturated rings. The van der Waals surface area contributed by atoms with Gasteiger partial charge in [-0.05, 0) is 57.9 Å². The van der Waals surface area contributed by atoms with Gasteiger partial charge >= 0.3 is 5.97 Å². The molecule has 0 saturated carbocycles. The van der Waals surface area contributed by atoms with Crippen LogP contribution in [0.4, 0.5) is 0 Å². The van der Waals surface area contributed by atoms with Crippen LogP contribution in [0.25, 0.3) is 0 Å². The SMILES string of the molecule is Cc1ccc(OCC(=O)OCC(=O)NC(C)(C)C)cc1C. The van der Waals surface area contributed by atoms with Gasteiger partial charge in [0.05, 0.1) is 0 Å². The van der Waals surface area contributed by atoms with Crippen molar-refractivity contribution in [3.8, 4) is 5.75 Å². The summed E-state index contributed by atoms with van der Waals surface area (Å²) in [4.78, 5) is 23.0. The molecule has 1 rings (SSSR count). The third kappa shape index (κ3) is 6.79. The average Bonchev–Trinajstić information content (AvgIpc) is 2.36. The first-order valence-electron chi connectivity index (χ1n) is 6.84. The molecule has 0 heterocycles. The van der Waals surface area contributed by atoms with E-state index in [2.05, 4.69) is 5.32 Å². The number of nitrogens with one attached hydrogen (secondary N) is 1. The maximum absolute atomic E-state index is 11.5. The van der Waals surface area contributed by atoms with Crippen LogP contribution >= 0.6 is 0 Å². The Morgan fingerprint density at radius 3 is 2.33 bits per heavy atom. The first-order valence-corrected chi connectivity index (χ1v) is 6.84. The lowest BCUT2D eigenvalue weighted by Gasteiger charge is -2.20. The maximum Gasteiger partial charge on any atom is 0.344 e. The van der Waals surface area contributed by atoms with Crippen molar-refractivity contribution in [2.24, 2.45) is 0 Å². The summed E-state index contributed by atoms with van der Waals surface area (Å²) in [5.41, 5.74) is 1.90. The van der Waals surface area contributed by atoms with Gasteiger partial charge in [-0.3, -0.25) is 4.79 Å². The van der Waals surface area contributed by atoms with E-state index in [0.29, 0.717) is 5.75 Å². The van der Waals surface area contributed by atoms with Gasteiger partial charge in [-0.1, -0.05) is 6.07 Å². The van der Waals surface area contributed by atoms with Crippen LogP contribution in [0.5, 0.6) is 5.75 Å². The molecule has 5 nitrogen and oxygen atoms in total. The van der Waals surface area contributed by atoms with Crippen LogP contribution in [-0.2, 0) is 14.3 Å². The molecule has 0 aliphatic heterocycles. The Labute approximate surface area is 125 Å². The summed E-state index contributed by atoms with van der Waals surface area (Å²) >= 11 is 0. The molecule has 1 aromatic carbocycles. The molecule has 0 saturated heterocycles. The number of carbonyl (C=O) groups excluding carboxylic acids is 2. The molecule has 1 amide bonds. The second-order valence-electron chi connectivity index (χ2n) is 5.99. The van der Waals surface area contributed by atoms with Gasteiger partial charge in [0.1, 0.15) is 5.75 Å². The minimum absolute atomic E-state index is 0.217. The summed E-state index contributed by atoms with van der Waals surface area (Å²) in [6, 6.07) is 5.57. The monoisotopic (exact) mass is 293 g/mol. The van der Waals surface area contributed by atoms with E-state index in [0.717, 1.165) is 11.1 Å². The zero-order chi connectivity index (χ0) is 16.0. The molecule has 1 N–H and O–H groups in total. The number of ether oxygens (including phenoxy) is 2. The normalized spacial score (nSPS) is 10.9. The van der Waals surface area contributed by atoms with Crippen molar-refractivity contribution >= 4 is 11.9 Å². The van der Waals surface area contributed by atoms with Gasteiger partial charge in [0, 0.05) is 5.54 Å². The molecule has 0 aliphatic rings. The Balaban J connectivity index is 2.34. The lowest BCUT2D eigenvalue weighted by molar-refractivity contribution is -0.150. The highest BCUT2D eigenvalue weighted by Gasteiger charge is 2.15. The summed E-state index contributed by atoms with van der Waals surface area (Å²) < 4.78 is 10.2. The number of amides is 1. The second kappa shape index (κ2) is 7.11. The highest BCUT2D eigenvalue weighted by molar-refractivity contribution is 5.81. The molecule has 21 heavy (non-hydrogen) atoms. The molecule has 5 heteroatoms. The van der Waals surface area contributed by atoms with Gasteiger partial charge < -0.3 is 14.8 Å². The van der Waals surface area contributed by atoms with Gasteiger partial charge in [-0.2, -0.15) is 0 Å². The number of benzene rings is 1. The predicted molar refractivity (Wildman–Crippen MR) is 80.3 cm³/mol. The topological polar surface area (TPSA) is 64.6 Å². The first kappa shape index (κ1) is 17.0. The van der Waals surface area contributed by atoms with Gasteiger partial charge in [0.25, 0.3) is 5.91 Å². The van der Waals surface area contributed by atoms with E-state index in [1.54, 1.807) is 6.07 Å². The fourth-order valence-electron chi connectivity index (χ4n) is 1.59. The Kier molecular flexibility index (Phi) is 5.76. The number of hydrogen-bond acceptors (Lipinski definition) is 4. The predicted octanol–water partition coefficient (Wildman–Crippen LogP) is 2.14. The van der Waals surface area contributed by atoms with Crippen molar-refractivity contribution in [1.82, 2.24) is 5.32 Å². The zero-order valence-electron chi connectivity index (χ0n) is 13.3. The molecule has 0 aliphatic carbocycles. The Morgan fingerprint density at radius 1 is 1.10 bits per heavy atom. The van der Waals surface area contributed by atoms with Crippen molar-refractivity contribution in [3.05, 3.63) is 29.3 Å². The van der Waals surface area contributed by atoms with Gasteiger partial charge in [-0.15, -0.1) is 0 Å². The van der Waals surface area contributed by atoms with Crippen LogP contribution < -0.4 is 10.1 Å². The second-order valence-corrected chi connectivity index (χ2v) is 5.99. The highest BCUT2D eigenvalue weighted by Crippen LogP contribution is 2.16. The standard InChI is InChI=1S/C16H23NO4/c1-11-6-7-13(8-12(11)2)20-10-15(19)21-9-14(18)17-16(3,4)5/h6-8H,9-10H2,1-5H3,(H,17,18). The summed E-state index contributed by atoms with van der Waals surface area (Å²) in [6.45, 7) is 9.02. The number of aryl methyl sites for hydroxylation is 2. The molecular weight excluding hydrogens is 270 g/mol. The van der Waals surface area contributed by atoms with E-state index in [4.69, 9.17) is 9.47 Å². The molecule has 0 unspecified atom stereocenters. The van der Waals surface area contributed by atoms with Crippen molar-refractivity contribution < 1.29 is 19.1 Å². The van der Waals surface area contributed by atoms with Crippen molar-refractivity contribution in [2.45, 2.75) is 40.2 Å². The smallest absolute Gasteiger partial charge is 0.344 e. The Hall–Kier alpha value is -2.04. The summed E-state index contributed by atoms with van der Waals surface area (Å²) in [5, 5.41) is 2.71. The van der Waals surface area contributed by atoms with Crippen molar-refractivity contribution in [1.29, 1.82) is 0 Å².